The molecule has 0 amide bonds. The maximum atomic E-state index is 13.8. The van der Waals surface area contributed by atoms with Gasteiger partial charge in [0.25, 0.3) is 0 Å². The summed E-state index contributed by atoms with van der Waals surface area (Å²) in [7, 11) is 0. The molecule has 3 aromatic rings. The first-order valence-electron chi connectivity index (χ1n) is 7.09. The summed E-state index contributed by atoms with van der Waals surface area (Å²) in [6, 6.07) is 7.84. The molecule has 1 aromatic carbocycles. The molecule has 0 spiro atoms. The zero-order valence-electron chi connectivity index (χ0n) is 12.5. The second kappa shape index (κ2) is 5.66. The molecule has 2 aromatic heterocycles. The van der Waals surface area contributed by atoms with Crippen LogP contribution in [0.1, 0.15) is 30.4 Å². The molecular formula is C17H14ClFN2O2. The van der Waals surface area contributed by atoms with Crippen LogP contribution in [0.5, 0.6) is 0 Å². The predicted molar refractivity (Wildman–Crippen MR) is 87.5 cm³/mol. The van der Waals surface area contributed by atoms with E-state index >= 15 is 0 Å². The lowest BCUT2D eigenvalue weighted by Gasteiger charge is -2.08. The number of aromatic nitrogens is 2. The van der Waals surface area contributed by atoms with Crippen LogP contribution in [0.3, 0.4) is 0 Å². The third-order valence-corrected chi connectivity index (χ3v) is 3.99. The number of carboxylic acid groups (broad SMARTS) is 1. The average molecular weight is 333 g/mol. The van der Waals surface area contributed by atoms with E-state index in [4.69, 9.17) is 16.7 Å². The van der Waals surface area contributed by atoms with E-state index in [1.54, 1.807) is 12.1 Å². The molecule has 0 unspecified atom stereocenters. The zero-order valence-corrected chi connectivity index (χ0v) is 13.3. The van der Waals surface area contributed by atoms with Crippen LogP contribution in [0.15, 0.2) is 36.5 Å². The highest BCUT2D eigenvalue weighted by molar-refractivity contribution is 6.30. The Bertz CT molecular complexity index is 918. The summed E-state index contributed by atoms with van der Waals surface area (Å²) in [5.74, 6) is -1.58. The normalized spacial score (nSPS) is 11.3. The van der Waals surface area contributed by atoms with Gasteiger partial charge in [0, 0.05) is 23.2 Å². The van der Waals surface area contributed by atoms with Crippen molar-refractivity contribution in [3.05, 3.63) is 53.1 Å². The number of hydrogen-bond donors (Lipinski definition) is 1. The van der Waals surface area contributed by atoms with E-state index in [0.29, 0.717) is 11.2 Å². The standard InChI is InChI=1S/C17H14ClFN2O2/c1-9(2)21-8-12(10-3-5-13(18)14(19)7-10)11-4-6-15(17(22)23)20-16(11)21/h3-9H,1-2H3,(H,22,23). The SMILES string of the molecule is CC(C)n1cc(-c2ccc(Cl)c(F)c2)c2ccc(C(=O)O)nc21. The number of pyridine rings is 1. The van der Waals surface area contributed by atoms with Gasteiger partial charge in [0.2, 0.25) is 0 Å². The van der Waals surface area contributed by atoms with Gasteiger partial charge in [-0.2, -0.15) is 0 Å². The second-order valence-corrected chi connectivity index (χ2v) is 5.95. The first-order chi connectivity index (χ1) is 10.9. The Morgan fingerprint density at radius 1 is 1.30 bits per heavy atom. The Morgan fingerprint density at radius 3 is 2.65 bits per heavy atom. The van der Waals surface area contributed by atoms with Crippen LogP contribution in [-0.4, -0.2) is 20.6 Å². The highest BCUT2D eigenvalue weighted by Gasteiger charge is 2.16. The molecule has 2 heterocycles. The monoisotopic (exact) mass is 332 g/mol. The van der Waals surface area contributed by atoms with Gasteiger partial charge in [0.15, 0.2) is 5.69 Å². The van der Waals surface area contributed by atoms with Crippen molar-refractivity contribution in [1.82, 2.24) is 9.55 Å². The van der Waals surface area contributed by atoms with Crippen LogP contribution in [0, 0.1) is 5.82 Å². The van der Waals surface area contributed by atoms with Gasteiger partial charge in [0.05, 0.1) is 5.02 Å². The smallest absolute Gasteiger partial charge is 0.354 e. The number of hydrogen-bond acceptors (Lipinski definition) is 2. The van der Waals surface area contributed by atoms with Gasteiger partial charge < -0.3 is 9.67 Å². The summed E-state index contributed by atoms with van der Waals surface area (Å²) in [5.41, 5.74) is 1.99. The highest BCUT2D eigenvalue weighted by Crippen LogP contribution is 2.33. The Labute approximate surface area is 137 Å². The van der Waals surface area contributed by atoms with Gasteiger partial charge in [-0.25, -0.2) is 14.2 Å². The minimum absolute atomic E-state index is 0.0219. The van der Waals surface area contributed by atoms with Crippen molar-refractivity contribution in [3.8, 4) is 11.1 Å². The van der Waals surface area contributed by atoms with E-state index in [1.165, 1.54) is 18.2 Å². The molecule has 118 valence electrons. The van der Waals surface area contributed by atoms with Crippen LogP contribution in [-0.2, 0) is 0 Å². The molecular weight excluding hydrogens is 319 g/mol. The third kappa shape index (κ3) is 2.68. The third-order valence-electron chi connectivity index (χ3n) is 3.68. The number of aromatic carboxylic acids is 1. The molecule has 1 N–H and O–H groups in total. The number of fused-ring (bicyclic) bond motifs is 1. The molecule has 0 aliphatic carbocycles. The molecule has 4 nitrogen and oxygen atoms in total. The maximum absolute atomic E-state index is 13.8. The van der Waals surface area contributed by atoms with Crippen molar-refractivity contribution in [2.45, 2.75) is 19.9 Å². The maximum Gasteiger partial charge on any atom is 0.354 e. The second-order valence-electron chi connectivity index (χ2n) is 5.55. The predicted octanol–water partition coefficient (Wildman–Crippen LogP) is 4.77. The fourth-order valence-corrected chi connectivity index (χ4v) is 2.65. The highest BCUT2D eigenvalue weighted by atomic mass is 35.5. The van der Waals surface area contributed by atoms with E-state index in [2.05, 4.69) is 4.98 Å². The first kappa shape index (κ1) is 15.5. The summed E-state index contributed by atoms with van der Waals surface area (Å²) in [6.45, 7) is 3.95. The molecule has 0 radical (unpaired) electrons. The molecule has 0 aliphatic rings. The Kier molecular flexibility index (Phi) is 3.82. The fourth-order valence-electron chi connectivity index (χ4n) is 2.53. The van der Waals surface area contributed by atoms with Gasteiger partial charge in [0.1, 0.15) is 11.5 Å². The number of rotatable bonds is 3. The first-order valence-corrected chi connectivity index (χ1v) is 7.46. The summed E-state index contributed by atoms with van der Waals surface area (Å²) in [6.07, 6.45) is 1.86. The molecule has 0 saturated carbocycles. The molecule has 23 heavy (non-hydrogen) atoms. The topological polar surface area (TPSA) is 55.1 Å². The van der Waals surface area contributed by atoms with Crippen molar-refractivity contribution in [1.29, 1.82) is 0 Å². The molecule has 0 fully saturated rings. The van der Waals surface area contributed by atoms with Gasteiger partial charge in [-0.15, -0.1) is 0 Å². The number of carboxylic acids is 1. The van der Waals surface area contributed by atoms with Gasteiger partial charge in [-0.3, -0.25) is 0 Å². The summed E-state index contributed by atoms with van der Waals surface area (Å²) >= 11 is 5.74. The summed E-state index contributed by atoms with van der Waals surface area (Å²) in [4.78, 5) is 15.4. The number of carbonyl (C=O) groups is 1. The van der Waals surface area contributed by atoms with Crippen molar-refractivity contribution < 1.29 is 14.3 Å². The van der Waals surface area contributed by atoms with Crippen LogP contribution >= 0.6 is 11.6 Å². The lowest BCUT2D eigenvalue weighted by atomic mass is 10.1. The number of halogens is 2. The van der Waals surface area contributed by atoms with Crippen LogP contribution < -0.4 is 0 Å². The van der Waals surface area contributed by atoms with Crippen LogP contribution in [0.2, 0.25) is 5.02 Å². The molecule has 0 bridgehead atoms. The average Bonchev–Trinajstić information content (AvgIpc) is 2.89. The van der Waals surface area contributed by atoms with E-state index in [1.807, 2.05) is 24.6 Å². The van der Waals surface area contributed by atoms with Gasteiger partial charge in [-0.05, 0) is 43.7 Å². The van der Waals surface area contributed by atoms with Crippen LogP contribution in [0.25, 0.3) is 22.2 Å². The Balaban J connectivity index is 2.29. The van der Waals surface area contributed by atoms with Crippen molar-refractivity contribution >= 4 is 28.6 Å². The zero-order chi connectivity index (χ0) is 16.7. The number of benzene rings is 1. The molecule has 0 atom stereocenters. The molecule has 6 heteroatoms. The summed E-state index contributed by atoms with van der Waals surface area (Å²) < 4.78 is 15.6. The van der Waals surface area contributed by atoms with Gasteiger partial charge in [-0.1, -0.05) is 17.7 Å². The largest absolute Gasteiger partial charge is 0.477 e. The van der Waals surface area contributed by atoms with Crippen molar-refractivity contribution in [2.24, 2.45) is 0 Å². The molecule has 0 saturated heterocycles. The lowest BCUT2D eigenvalue weighted by molar-refractivity contribution is 0.0691. The Morgan fingerprint density at radius 2 is 2.04 bits per heavy atom. The number of nitrogens with zero attached hydrogens (tertiary/aromatic N) is 2. The van der Waals surface area contributed by atoms with E-state index in [0.717, 1.165) is 10.9 Å². The van der Waals surface area contributed by atoms with Crippen molar-refractivity contribution in [3.63, 3.8) is 0 Å². The molecule has 3 rings (SSSR count). The fraction of sp³-hybridized carbons (Fsp3) is 0.176. The van der Waals surface area contributed by atoms with Crippen LogP contribution in [0.4, 0.5) is 4.39 Å². The van der Waals surface area contributed by atoms with Gasteiger partial charge >= 0.3 is 5.97 Å². The minimum atomic E-state index is -1.08. The molecule has 0 aliphatic heterocycles. The summed E-state index contributed by atoms with van der Waals surface area (Å²) in [5, 5.41) is 9.96. The quantitative estimate of drug-likeness (QED) is 0.751. The van der Waals surface area contributed by atoms with Crippen molar-refractivity contribution in [2.75, 3.05) is 0 Å². The minimum Gasteiger partial charge on any atom is -0.477 e. The lowest BCUT2D eigenvalue weighted by Crippen LogP contribution is -2.04. The Hall–Kier alpha value is -2.40. The van der Waals surface area contributed by atoms with E-state index in [9.17, 15) is 9.18 Å². The van der Waals surface area contributed by atoms with E-state index in [-0.39, 0.29) is 16.8 Å². The van der Waals surface area contributed by atoms with E-state index < -0.39 is 11.8 Å².